The van der Waals surface area contributed by atoms with E-state index in [1.54, 1.807) is 12.1 Å². The molecule has 2 rings (SSSR count). The van der Waals surface area contributed by atoms with Gasteiger partial charge in [-0.2, -0.15) is 0 Å². The number of aromatic nitrogens is 1. The largest absolute Gasteiger partial charge is 0.478 e. The quantitative estimate of drug-likeness (QED) is 0.855. The molecule has 0 aliphatic carbocycles. The van der Waals surface area contributed by atoms with Gasteiger partial charge in [-0.25, -0.2) is 4.79 Å². The van der Waals surface area contributed by atoms with Crippen LogP contribution in [0.4, 0.5) is 0 Å². The van der Waals surface area contributed by atoms with Crippen LogP contribution in [0, 0.1) is 13.8 Å². The van der Waals surface area contributed by atoms with Crippen LogP contribution in [0.1, 0.15) is 52.3 Å². The number of nitrogens with zero attached hydrogens (tertiary/aromatic N) is 1. The van der Waals surface area contributed by atoms with Crippen molar-refractivity contribution in [2.75, 3.05) is 0 Å². The Bertz CT molecular complexity index is 684. The number of carbonyl (C=O) groups excluding carboxylic acids is 1. The van der Waals surface area contributed by atoms with E-state index >= 15 is 0 Å². The number of hydrogen-bond acceptors (Lipinski definition) is 4. The highest BCUT2D eigenvalue weighted by atomic mass is 16.5. The van der Waals surface area contributed by atoms with Crippen LogP contribution >= 0.6 is 0 Å². The van der Waals surface area contributed by atoms with E-state index in [0.717, 1.165) is 23.2 Å². The van der Waals surface area contributed by atoms with Crippen molar-refractivity contribution in [2.45, 2.75) is 39.7 Å². The van der Waals surface area contributed by atoms with E-state index in [-0.39, 0.29) is 23.9 Å². The number of benzene rings is 1. The summed E-state index contributed by atoms with van der Waals surface area (Å²) in [5.74, 6) is -0.397. The van der Waals surface area contributed by atoms with Crippen molar-refractivity contribution in [3.63, 3.8) is 0 Å². The lowest BCUT2D eigenvalue weighted by Crippen LogP contribution is -2.30. The molecule has 1 amide bonds. The number of carbonyl (C=O) groups is 2. The Balaban J connectivity index is 2.04. The van der Waals surface area contributed by atoms with Crippen LogP contribution in [0.2, 0.25) is 0 Å². The van der Waals surface area contributed by atoms with Crippen molar-refractivity contribution in [1.29, 1.82) is 0 Å². The lowest BCUT2D eigenvalue weighted by molar-refractivity contribution is -0.121. The van der Waals surface area contributed by atoms with E-state index in [1.807, 2.05) is 20.8 Å². The minimum atomic E-state index is -0.981. The first-order valence-corrected chi connectivity index (χ1v) is 7.46. The van der Waals surface area contributed by atoms with Gasteiger partial charge in [0.1, 0.15) is 5.76 Å². The second kappa shape index (κ2) is 7.09. The second-order valence-corrected chi connectivity index (χ2v) is 5.45. The molecule has 23 heavy (non-hydrogen) atoms. The van der Waals surface area contributed by atoms with Crippen molar-refractivity contribution in [2.24, 2.45) is 0 Å². The third-order valence-electron chi connectivity index (χ3n) is 3.75. The average molecular weight is 316 g/mol. The smallest absolute Gasteiger partial charge is 0.335 e. The molecular formula is C17H20N2O4. The van der Waals surface area contributed by atoms with E-state index in [1.165, 1.54) is 12.1 Å². The Kier molecular flexibility index (Phi) is 5.16. The molecule has 0 aliphatic rings. The summed E-state index contributed by atoms with van der Waals surface area (Å²) in [7, 11) is 0. The molecular weight excluding hydrogens is 296 g/mol. The molecule has 0 saturated carbocycles. The second-order valence-electron chi connectivity index (χ2n) is 5.45. The summed E-state index contributed by atoms with van der Waals surface area (Å²) in [5, 5.41) is 15.8. The van der Waals surface area contributed by atoms with Crippen molar-refractivity contribution in [3.8, 4) is 0 Å². The number of carboxylic acid groups (broad SMARTS) is 1. The summed E-state index contributed by atoms with van der Waals surface area (Å²) < 4.78 is 5.16. The van der Waals surface area contributed by atoms with Gasteiger partial charge in [-0.15, -0.1) is 0 Å². The van der Waals surface area contributed by atoms with Gasteiger partial charge >= 0.3 is 5.97 Å². The van der Waals surface area contributed by atoms with E-state index in [4.69, 9.17) is 9.63 Å². The topological polar surface area (TPSA) is 92.4 Å². The lowest BCUT2D eigenvalue weighted by atomic mass is 10.0. The number of nitrogens with one attached hydrogen (secondary N) is 1. The molecule has 1 atom stereocenters. The molecule has 122 valence electrons. The maximum absolute atomic E-state index is 12.2. The molecule has 0 spiro atoms. The first-order chi connectivity index (χ1) is 10.9. The molecule has 0 aliphatic heterocycles. The molecule has 6 nitrogen and oxygen atoms in total. The van der Waals surface area contributed by atoms with Crippen molar-refractivity contribution in [3.05, 3.63) is 52.4 Å². The predicted molar refractivity (Wildman–Crippen MR) is 84.3 cm³/mol. The van der Waals surface area contributed by atoms with Gasteiger partial charge < -0.3 is 14.9 Å². The zero-order valence-corrected chi connectivity index (χ0v) is 13.4. The normalized spacial score (nSPS) is 12.0. The van der Waals surface area contributed by atoms with Crippen molar-refractivity contribution < 1.29 is 19.2 Å². The van der Waals surface area contributed by atoms with E-state index < -0.39 is 5.97 Å². The van der Waals surface area contributed by atoms with Gasteiger partial charge in [0.15, 0.2) is 0 Å². The van der Waals surface area contributed by atoms with Crippen LogP contribution in [0.15, 0.2) is 28.8 Å². The van der Waals surface area contributed by atoms with E-state index in [9.17, 15) is 9.59 Å². The summed E-state index contributed by atoms with van der Waals surface area (Å²) in [6.07, 6.45) is 0.923. The molecule has 6 heteroatoms. The number of aryl methyl sites for hydroxylation is 2. The molecule has 0 saturated heterocycles. The minimum absolute atomic E-state index is 0.125. The Morgan fingerprint density at radius 2 is 1.91 bits per heavy atom. The van der Waals surface area contributed by atoms with Gasteiger partial charge in [0, 0.05) is 5.56 Å². The first-order valence-electron chi connectivity index (χ1n) is 7.46. The molecule has 1 aromatic carbocycles. The first kappa shape index (κ1) is 16.7. The van der Waals surface area contributed by atoms with Crippen LogP contribution in [0.5, 0.6) is 0 Å². The van der Waals surface area contributed by atoms with Gasteiger partial charge in [0.05, 0.1) is 23.7 Å². The fourth-order valence-electron chi connectivity index (χ4n) is 2.56. The van der Waals surface area contributed by atoms with E-state index in [2.05, 4.69) is 10.5 Å². The number of aromatic carboxylic acids is 1. The highest BCUT2D eigenvalue weighted by Crippen LogP contribution is 2.24. The van der Waals surface area contributed by atoms with Gasteiger partial charge in [-0.1, -0.05) is 24.2 Å². The Morgan fingerprint density at radius 1 is 1.26 bits per heavy atom. The monoisotopic (exact) mass is 316 g/mol. The SMILES string of the molecule is CCC(NC(=O)Cc1ccc(C(=O)O)cc1)c1c(C)noc1C. The van der Waals surface area contributed by atoms with Gasteiger partial charge in [-0.3, -0.25) is 4.79 Å². The molecule has 1 unspecified atom stereocenters. The summed E-state index contributed by atoms with van der Waals surface area (Å²) in [4.78, 5) is 23.1. The van der Waals surface area contributed by atoms with Crippen LogP contribution in [-0.4, -0.2) is 22.1 Å². The maximum Gasteiger partial charge on any atom is 0.335 e. The van der Waals surface area contributed by atoms with Gasteiger partial charge in [-0.05, 0) is 38.0 Å². The van der Waals surface area contributed by atoms with Gasteiger partial charge in [0.2, 0.25) is 5.91 Å². The molecule has 1 heterocycles. The molecule has 2 aromatic rings. The Morgan fingerprint density at radius 3 is 2.39 bits per heavy atom. The summed E-state index contributed by atoms with van der Waals surface area (Å²) in [6.45, 7) is 5.67. The number of hydrogen-bond donors (Lipinski definition) is 2. The van der Waals surface area contributed by atoms with Gasteiger partial charge in [0.25, 0.3) is 0 Å². The lowest BCUT2D eigenvalue weighted by Gasteiger charge is -2.17. The molecule has 0 fully saturated rings. The summed E-state index contributed by atoms with van der Waals surface area (Å²) in [5.41, 5.74) is 2.67. The Hall–Kier alpha value is -2.63. The standard InChI is InChI=1S/C17H20N2O4/c1-4-14(16-10(2)19-23-11(16)3)18-15(20)9-12-5-7-13(8-6-12)17(21)22/h5-8,14H,4,9H2,1-3H3,(H,18,20)(H,21,22). The van der Waals surface area contributed by atoms with Crippen LogP contribution < -0.4 is 5.32 Å². The predicted octanol–water partition coefficient (Wildman–Crippen LogP) is 2.80. The highest BCUT2D eigenvalue weighted by Gasteiger charge is 2.20. The summed E-state index contributed by atoms with van der Waals surface area (Å²) >= 11 is 0. The summed E-state index contributed by atoms with van der Waals surface area (Å²) in [6, 6.07) is 6.15. The molecule has 2 N–H and O–H groups in total. The molecule has 0 bridgehead atoms. The maximum atomic E-state index is 12.2. The minimum Gasteiger partial charge on any atom is -0.478 e. The van der Waals surface area contributed by atoms with Crippen molar-refractivity contribution >= 4 is 11.9 Å². The van der Waals surface area contributed by atoms with Crippen LogP contribution in [-0.2, 0) is 11.2 Å². The number of rotatable bonds is 6. The number of amides is 1. The van der Waals surface area contributed by atoms with E-state index in [0.29, 0.717) is 5.76 Å². The fraction of sp³-hybridized carbons (Fsp3) is 0.353. The third kappa shape index (κ3) is 3.97. The fourth-order valence-corrected chi connectivity index (χ4v) is 2.56. The molecule has 0 radical (unpaired) electrons. The zero-order valence-electron chi connectivity index (χ0n) is 13.4. The molecule has 1 aromatic heterocycles. The zero-order chi connectivity index (χ0) is 17.0. The highest BCUT2D eigenvalue weighted by molar-refractivity contribution is 5.87. The van der Waals surface area contributed by atoms with Crippen LogP contribution in [0.25, 0.3) is 0 Å². The number of carboxylic acids is 1. The van der Waals surface area contributed by atoms with Crippen LogP contribution in [0.3, 0.4) is 0 Å². The van der Waals surface area contributed by atoms with Crippen molar-refractivity contribution in [1.82, 2.24) is 10.5 Å². The average Bonchev–Trinajstić information content (AvgIpc) is 2.84. The third-order valence-corrected chi connectivity index (χ3v) is 3.75. The Labute approximate surface area is 134 Å².